The number of amides is 2. The van der Waals surface area contributed by atoms with Gasteiger partial charge in [0.25, 0.3) is 0 Å². The van der Waals surface area contributed by atoms with Crippen molar-refractivity contribution >= 4 is 29.4 Å². The smallest absolute Gasteiger partial charge is 0.242 e. The topological polar surface area (TPSA) is 54.5 Å². The summed E-state index contributed by atoms with van der Waals surface area (Å²) in [5.41, 5.74) is 0. The van der Waals surface area contributed by atoms with Gasteiger partial charge in [0.1, 0.15) is 5.78 Å². The number of hydrogen-bond donors (Lipinski definition) is 0. The van der Waals surface area contributed by atoms with Gasteiger partial charge in [0.2, 0.25) is 11.8 Å². The van der Waals surface area contributed by atoms with Crippen LogP contribution >= 0.6 is 11.8 Å². The van der Waals surface area contributed by atoms with Gasteiger partial charge in [0, 0.05) is 19.4 Å². The van der Waals surface area contributed by atoms with Gasteiger partial charge in [0.15, 0.2) is 0 Å². The van der Waals surface area contributed by atoms with Crippen molar-refractivity contribution in [2.24, 2.45) is 0 Å². The lowest BCUT2D eigenvalue weighted by atomic mass is 10.3. The van der Waals surface area contributed by atoms with Gasteiger partial charge in [-0.25, -0.2) is 0 Å². The number of ketones is 1. The fourth-order valence-corrected chi connectivity index (χ4v) is 1.98. The third kappa shape index (κ3) is 3.96. The first-order valence-electron chi connectivity index (χ1n) is 5.42. The van der Waals surface area contributed by atoms with E-state index in [1.807, 2.05) is 20.1 Å². The molecule has 1 heterocycles. The molecule has 1 aliphatic rings. The summed E-state index contributed by atoms with van der Waals surface area (Å²) in [6, 6.07) is 0. The van der Waals surface area contributed by atoms with Crippen LogP contribution in [0.1, 0.15) is 33.6 Å². The molecule has 4 nitrogen and oxygen atoms in total. The lowest BCUT2D eigenvalue weighted by Gasteiger charge is -2.12. The minimum absolute atomic E-state index is 0.00167. The second-order valence-electron chi connectivity index (χ2n) is 3.26. The Bertz CT molecular complexity index is 278. The number of hydrogen-bond acceptors (Lipinski definition) is 4. The van der Waals surface area contributed by atoms with Crippen molar-refractivity contribution < 1.29 is 14.4 Å². The molecule has 1 unspecified atom stereocenters. The maximum Gasteiger partial charge on any atom is 0.242 e. The Balaban J connectivity index is 0.00000106. The highest BCUT2D eigenvalue weighted by Crippen LogP contribution is 2.22. The Hall–Kier alpha value is -0.840. The largest absolute Gasteiger partial charge is 0.300 e. The number of nitrogens with zero attached hydrogens (tertiary/aromatic N) is 1. The summed E-state index contributed by atoms with van der Waals surface area (Å²) in [6.07, 6.45) is 2.35. The molecule has 16 heavy (non-hydrogen) atoms. The average molecular weight is 245 g/mol. The fourth-order valence-electron chi connectivity index (χ4n) is 1.34. The predicted octanol–water partition coefficient (Wildman–Crippen LogP) is 1.48. The molecule has 1 rings (SSSR count). The standard InChI is InChI=1S/C9H13NO3S.C2H6/c1-6(11)3-4-10-8(12)5-7(14-2)9(10)13;1-2/h7H,3-5H2,1-2H3;1-2H3. The van der Waals surface area contributed by atoms with Crippen LogP contribution in [0.4, 0.5) is 0 Å². The average Bonchev–Trinajstić information content (AvgIpc) is 2.54. The van der Waals surface area contributed by atoms with E-state index in [2.05, 4.69) is 0 Å². The van der Waals surface area contributed by atoms with Gasteiger partial charge in [0.05, 0.1) is 5.25 Å². The SMILES string of the molecule is CC.CSC1CC(=O)N(CCC(C)=O)C1=O. The van der Waals surface area contributed by atoms with Crippen LogP contribution in [0.3, 0.4) is 0 Å². The summed E-state index contributed by atoms with van der Waals surface area (Å²) in [4.78, 5) is 34.8. The van der Waals surface area contributed by atoms with Crippen molar-refractivity contribution in [3.05, 3.63) is 0 Å². The van der Waals surface area contributed by atoms with E-state index in [0.717, 1.165) is 0 Å². The molecule has 0 aliphatic carbocycles. The molecule has 5 heteroatoms. The van der Waals surface area contributed by atoms with Crippen molar-refractivity contribution in [2.75, 3.05) is 12.8 Å². The number of likely N-dealkylation sites (tertiary alicyclic amines) is 1. The number of carbonyl (C=O) groups excluding carboxylic acids is 3. The number of imide groups is 1. The number of rotatable bonds is 4. The van der Waals surface area contributed by atoms with Crippen LogP contribution in [0.5, 0.6) is 0 Å². The first-order chi connectivity index (χ1) is 7.56. The molecule has 0 saturated carbocycles. The molecular weight excluding hydrogens is 226 g/mol. The highest BCUT2D eigenvalue weighted by molar-refractivity contribution is 8.00. The Morgan fingerprint density at radius 2 is 2.00 bits per heavy atom. The van der Waals surface area contributed by atoms with E-state index in [0.29, 0.717) is 0 Å². The number of carbonyl (C=O) groups is 3. The van der Waals surface area contributed by atoms with Crippen molar-refractivity contribution in [1.82, 2.24) is 4.90 Å². The van der Waals surface area contributed by atoms with E-state index in [-0.39, 0.29) is 42.2 Å². The maximum absolute atomic E-state index is 11.5. The van der Waals surface area contributed by atoms with Crippen LogP contribution < -0.4 is 0 Å². The van der Waals surface area contributed by atoms with Crippen molar-refractivity contribution in [1.29, 1.82) is 0 Å². The summed E-state index contributed by atoms with van der Waals surface area (Å²) < 4.78 is 0. The molecule has 1 saturated heterocycles. The maximum atomic E-state index is 11.5. The lowest BCUT2D eigenvalue weighted by molar-refractivity contribution is -0.138. The van der Waals surface area contributed by atoms with E-state index in [9.17, 15) is 14.4 Å². The van der Waals surface area contributed by atoms with Crippen LogP contribution in [0.25, 0.3) is 0 Å². The molecule has 0 aromatic heterocycles. The van der Waals surface area contributed by atoms with Gasteiger partial charge in [-0.05, 0) is 13.2 Å². The normalized spacial score (nSPS) is 19.5. The van der Waals surface area contributed by atoms with E-state index in [1.165, 1.54) is 23.6 Å². The Morgan fingerprint density at radius 3 is 2.38 bits per heavy atom. The highest BCUT2D eigenvalue weighted by atomic mass is 32.2. The van der Waals surface area contributed by atoms with E-state index < -0.39 is 0 Å². The molecule has 0 N–H and O–H groups in total. The van der Waals surface area contributed by atoms with Gasteiger partial charge in [-0.15, -0.1) is 0 Å². The third-order valence-corrected chi connectivity index (χ3v) is 3.11. The van der Waals surface area contributed by atoms with Crippen LogP contribution in [0, 0.1) is 0 Å². The van der Waals surface area contributed by atoms with Crippen molar-refractivity contribution in [3.63, 3.8) is 0 Å². The molecule has 92 valence electrons. The molecule has 1 atom stereocenters. The zero-order valence-electron chi connectivity index (χ0n) is 10.3. The zero-order chi connectivity index (χ0) is 12.7. The van der Waals surface area contributed by atoms with Gasteiger partial charge < -0.3 is 0 Å². The quantitative estimate of drug-likeness (QED) is 0.704. The first kappa shape index (κ1) is 15.2. The third-order valence-electron chi connectivity index (χ3n) is 2.17. The second-order valence-corrected chi connectivity index (χ2v) is 4.30. The monoisotopic (exact) mass is 245 g/mol. The van der Waals surface area contributed by atoms with Gasteiger partial charge >= 0.3 is 0 Å². The summed E-state index contributed by atoms with van der Waals surface area (Å²) in [6.45, 7) is 5.70. The highest BCUT2D eigenvalue weighted by Gasteiger charge is 2.37. The molecule has 0 aromatic carbocycles. The molecule has 0 spiro atoms. The second kappa shape index (κ2) is 7.44. The van der Waals surface area contributed by atoms with Crippen molar-refractivity contribution in [2.45, 2.75) is 38.9 Å². The number of thioether (sulfide) groups is 1. The summed E-state index contributed by atoms with van der Waals surface area (Å²) in [5.74, 6) is -0.308. The van der Waals surface area contributed by atoms with E-state index >= 15 is 0 Å². The molecule has 2 amide bonds. The Labute approximate surface area is 101 Å². The molecule has 0 radical (unpaired) electrons. The van der Waals surface area contributed by atoms with Crippen LogP contribution in [0.15, 0.2) is 0 Å². The van der Waals surface area contributed by atoms with Gasteiger partial charge in [-0.2, -0.15) is 11.8 Å². The first-order valence-corrected chi connectivity index (χ1v) is 6.71. The number of Topliss-reactive ketones (excluding diaryl/α,β-unsaturated/α-hetero) is 1. The summed E-state index contributed by atoms with van der Waals surface area (Å²) >= 11 is 1.39. The lowest BCUT2D eigenvalue weighted by Crippen LogP contribution is -2.33. The minimum Gasteiger partial charge on any atom is -0.300 e. The summed E-state index contributed by atoms with van der Waals surface area (Å²) in [7, 11) is 0. The van der Waals surface area contributed by atoms with Gasteiger partial charge in [-0.3, -0.25) is 19.3 Å². The zero-order valence-corrected chi connectivity index (χ0v) is 11.1. The molecule has 1 fully saturated rings. The summed E-state index contributed by atoms with van der Waals surface area (Å²) in [5, 5.41) is -0.241. The Kier molecular flexibility index (Phi) is 7.05. The molecule has 1 aliphatic heterocycles. The Morgan fingerprint density at radius 1 is 1.44 bits per heavy atom. The van der Waals surface area contributed by atoms with Crippen LogP contribution in [-0.4, -0.2) is 40.5 Å². The van der Waals surface area contributed by atoms with E-state index in [4.69, 9.17) is 0 Å². The fraction of sp³-hybridized carbons (Fsp3) is 0.727. The van der Waals surface area contributed by atoms with Gasteiger partial charge in [-0.1, -0.05) is 13.8 Å². The van der Waals surface area contributed by atoms with Crippen LogP contribution in [-0.2, 0) is 14.4 Å². The molecule has 0 aromatic rings. The molecule has 0 bridgehead atoms. The molecular formula is C11H19NO3S. The predicted molar refractivity (Wildman–Crippen MR) is 65.3 cm³/mol. The minimum atomic E-state index is -0.241. The van der Waals surface area contributed by atoms with Crippen LogP contribution in [0.2, 0.25) is 0 Å². The van der Waals surface area contributed by atoms with Crippen molar-refractivity contribution in [3.8, 4) is 0 Å². The van der Waals surface area contributed by atoms with E-state index in [1.54, 1.807) is 0 Å².